The molecule has 1 aliphatic heterocycles. The van der Waals surface area contributed by atoms with Crippen molar-refractivity contribution in [3.8, 4) is 5.75 Å². The van der Waals surface area contributed by atoms with Gasteiger partial charge in [-0.25, -0.2) is 0 Å². The minimum Gasteiger partial charge on any atom is -0.497 e. The molecule has 1 saturated heterocycles. The van der Waals surface area contributed by atoms with E-state index in [9.17, 15) is 9.59 Å². The summed E-state index contributed by atoms with van der Waals surface area (Å²) in [5.74, 6) is 0.832. The van der Waals surface area contributed by atoms with Crippen molar-refractivity contribution in [2.45, 2.75) is 26.8 Å². The van der Waals surface area contributed by atoms with Crippen LogP contribution in [0.2, 0.25) is 0 Å². The molecule has 1 heterocycles. The van der Waals surface area contributed by atoms with Gasteiger partial charge in [0.25, 0.3) is 5.91 Å². The number of benzene rings is 2. The van der Waals surface area contributed by atoms with Gasteiger partial charge in [0.05, 0.1) is 13.7 Å². The highest BCUT2D eigenvalue weighted by molar-refractivity contribution is 5.95. The SMILES string of the molecule is COc1ccc(N2CCN(C(=O)CNc3ccc(C(=O)NC(C)C)cc3C)CC2)cc1. The number of hydrogen-bond donors (Lipinski definition) is 2. The maximum atomic E-state index is 12.7. The standard InChI is InChI=1S/C24H32N4O3/c1-17(2)26-24(30)19-5-10-22(18(3)15-19)25-16-23(29)28-13-11-27(12-14-28)20-6-8-21(31-4)9-7-20/h5-10,15,17,25H,11-14,16H2,1-4H3,(H,26,30). The van der Waals surface area contributed by atoms with E-state index in [4.69, 9.17) is 4.74 Å². The zero-order chi connectivity index (χ0) is 22.4. The third kappa shape index (κ3) is 5.90. The molecule has 166 valence electrons. The zero-order valence-corrected chi connectivity index (χ0v) is 18.8. The molecule has 2 N–H and O–H groups in total. The lowest BCUT2D eigenvalue weighted by Gasteiger charge is -2.36. The van der Waals surface area contributed by atoms with Gasteiger partial charge in [-0.2, -0.15) is 0 Å². The van der Waals surface area contributed by atoms with Crippen molar-refractivity contribution in [2.75, 3.05) is 50.1 Å². The van der Waals surface area contributed by atoms with E-state index in [-0.39, 0.29) is 24.4 Å². The van der Waals surface area contributed by atoms with Crippen molar-refractivity contribution in [1.29, 1.82) is 0 Å². The lowest BCUT2D eigenvalue weighted by atomic mass is 10.1. The Morgan fingerprint density at radius 1 is 1.03 bits per heavy atom. The van der Waals surface area contributed by atoms with E-state index >= 15 is 0 Å². The summed E-state index contributed by atoms with van der Waals surface area (Å²) >= 11 is 0. The first-order valence-electron chi connectivity index (χ1n) is 10.7. The summed E-state index contributed by atoms with van der Waals surface area (Å²) in [6, 6.07) is 13.6. The second kappa shape index (κ2) is 10.2. The van der Waals surface area contributed by atoms with E-state index in [1.165, 1.54) is 0 Å². The molecular formula is C24H32N4O3. The van der Waals surface area contributed by atoms with Gasteiger partial charge in [-0.1, -0.05) is 0 Å². The Kier molecular flexibility index (Phi) is 7.39. The number of ether oxygens (including phenoxy) is 1. The van der Waals surface area contributed by atoms with Crippen LogP contribution in [0.5, 0.6) is 5.75 Å². The monoisotopic (exact) mass is 424 g/mol. The summed E-state index contributed by atoms with van der Waals surface area (Å²) < 4.78 is 5.21. The fourth-order valence-corrected chi connectivity index (χ4v) is 3.64. The average molecular weight is 425 g/mol. The van der Waals surface area contributed by atoms with E-state index in [1.54, 1.807) is 13.2 Å². The smallest absolute Gasteiger partial charge is 0.251 e. The van der Waals surface area contributed by atoms with E-state index in [0.29, 0.717) is 18.7 Å². The van der Waals surface area contributed by atoms with Crippen LogP contribution in [0.1, 0.15) is 29.8 Å². The van der Waals surface area contributed by atoms with E-state index in [0.717, 1.165) is 35.8 Å². The number of anilines is 2. The Balaban J connectivity index is 1.49. The van der Waals surface area contributed by atoms with Gasteiger partial charge >= 0.3 is 0 Å². The molecule has 0 atom stereocenters. The van der Waals surface area contributed by atoms with Crippen LogP contribution in [0.15, 0.2) is 42.5 Å². The summed E-state index contributed by atoms with van der Waals surface area (Å²) in [5, 5.41) is 6.11. The zero-order valence-electron chi connectivity index (χ0n) is 18.8. The molecule has 2 aromatic rings. The van der Waals surface area contributed by atoms with Crippen LogP contribution in [0.4, 0.5) is 11.4 Å². The third-order valence-electron chi connectivity index (χ3n) is 5.41. The molecular weight excluding hydrogens is 392 g/mol. The van der Waals surface area contributed by atoms with E-state index in [1.807, 2.05) is 62.1 Å². The number of nitrogens with zero attached hydrogens (tertiary/aromatic N) is 2. The Hall–Kier alpha value is -3.22. The maximum absolute atomic E-state index is 12.7. The van der Waals surface area contributed by atoms with Crippen molar-refractivity contribution >= 4 is 23.2 Å². The van der Waals surface area contributed by atoms with Crippen LogP contribution in [-0.4, -0.2) is 62.6 Å². The molecule has 3 rings (SSSR count). The predicted molar refractivity (Wildman–Crippen MR) is 124 cm³/mol. The number of carbonyl (C=O) groups is 2. The second-order valence-corrected chi connectivity index (χ2v) is 8.08. The van der Waals surface area contributed by atoms with Gasteiger partial charge in [0.15, 0.2) is 0 Å². The van der Waals surface area contributed by atoms with Crippen LogP contribution in [-0.2, 0) is 4.79 Å². The Morgan fingerprint density at radius 3 is 2.29 bits per heavy atom. The molecule has 7 heteroatoms. The van der Waals surface area contributed by atoms with Gasteiger partial charge in [-0.15, -0.1) is 0 Å². The largest absolute Gasteiger partial charge is 0.497 e. The molecule has 2 aromatic carbocycles. The lowest BCUT2D eigenvalue weighted by Crippen LogP contribution is -2.50. The summed E-state index contributed by atoms with van der Waals surface area (Å²) in [5.41, 5.74) is 3.57. The van der Waals surface area contributed by atoms with Gasteiger partial charge < -0.3 is 25.2 Å². The molecule has 0 aliphatic carbocycles. The molecule has 0 radical (unpaired) electrons. The Labute approximate surface area is 184 Å². The number of nitrogens with one attached hydrogen (secondary N) is 2. The van der Waals surface area contributed by atoms with Crippen LogP contribution >= 0.6 is 0 Å². The normalized spacial score (nSPS) is 13.8. The van der Waals surface area contributed by atoms with Crippen LogP contribution in [0.25, 0.3) is 0 Å². The molecule has 0 spiro atoms. The minimum absolute atomic E-state index is 0.0791. The molecule has 1 aliphatic rings. The second-order valence-electron chi connectivity index (χ2n) is 8.08. The van der Waals surface area contributed by atoms with Crippen molar-refractivity contribution in [3.05, 3.63) is 53.6 Å². The topological polar surface area (TPSA) is 73.9 Å². The lowest BCUT2D eigenvalue weighted by molar-refractivity contribution is -0.129. The molecule has 0 unspecified atom stereocenters. The first-order valence-corrected chi connectivity index (χ1v) is 10.7. The van der Waals surface area contributed by atoms with E-state index in [2.05, 4.69) is 15.5 Å². The summed E-state index contributed by atoms with van der Waals surface area (Å²) in [6.45, 7) is 9.03. The highest BCUT2D eigenvalue weighted by Crippen LogP contribution is 2.21. The van der Waals surface area contributed by atoms with Gasteiger partial charge in [0, 0.05) is 49.2 Å². The maximum Gasteiger partial charge on any atom is 0.251 e. The van der Waals surface area contributed by atoms with Gasteiger partial charge in [-0.05, 0) is 68.8 Å². The number of hydrogen-bond acceptors (Lipinski definition) is 5. The van der Waals surface area contributed by atoms with Crippen LogP contribution in [0.3, 0.4) is 0 Å². The van der Waals surface area contributed by atoms with Crippen molar-refractivity contribution in [1.82, 2.24) is 10.2 Å². The first kappa shape index (κ1) is 22.5. The molecule has 0 bridgehead atoms. The van der Waals surface area contributed by atoms with Crippen LogP contribution < -0.4 is 20.3 Å². The van der Waals surface area contributed by atoms with Crippen molar-refractivity contribution in [2.24, 2.45) is 0 Å². The number of piperazine rings is 1. The molecule has 1 fully saturated rings. The fraction of sp³-hybridized carbons (Fsp3) is 0.417. The molecule has 2 amide bonds. The number of rotatable bonds is 7. The third-order valence-corrected chi connectivity index (χ3v) is 5.41. The summed E-state index contributed by atoms with van der Waals surface area (Å²) in [6.07, 6.45) is 0. The Bertz CT molecular complexity index is 904. The minimum atomic E-state index is -0.0875. The number of carbonyl (C=O) groups excluding carboxylic acids is 2. The average Bonchev–Trinajstić information content (AvgIpc) is 2.77. The van der Waals surface area contributed by atoms with Crippen LogP contribution in [0, 0.1) is 6.92 Å². The summed E-state index contributed by atoms with van der Waals surface area (Å²) in [4.78, 5) is 29.0. The van der Waals surface area contributed by atoms with Gasteiger partial charge in [0.1, 0.15) is 5.75 Å². The molecule has 0 aromatic heterocycles. The number of methoxy groups -OCH3 is 1. The highest BCUT2D eigenvalue weighted by Gasteiger charge is 2.21. The fourth-order valence-electron chi connectivity index (χ4n) is 3.64. The number of aryl methyl sites for hydroxylation is 1. The predicted octanol–water partition coefficient (Wildman–Crippen LogP) is 2.90. The molecule has 0 saturated carbocycles. The van der Waals surface area contributed by atoms with E-state index < -0.39 is 0 Å². The molecule has 31 heavy (non-hydrogen) atoms. The van der Waals surface area contributed by atoms with Crippen molar-refractivity contribution in [3.63, 3.8) is 0 Å². The quantitative estimate of drug-likeness (QED) is 0.715. The van der Waals surface area contributed by atoms with Gasteiger partial charge in [-0.3, -0.25) is 9.59 Å². The van der Waals surface area contributed by atoms with Crippen molar-refractivity contribution < 1.29 is 14.3 Å². The number of amides is 2. The highest BCUT2D eigenvalue weighted by atomic mass is 16.5. The molecule has 7 nitrogen and oxygen atoms in total. The van der Waals surface area contributed by atoms with Gasteiger partial charge in [0.2, 0.25) is 5.91 Å². The first-order chi connectivity index (χ1) is 14.9. The summed E-state index contributed by atoms with van der Waals surface area (Å²) in [7, 11) is 1.66. The Morgan fingerprint density at radius 2 is 1.71 bits per heavy atom.